The van der Waals surface area contributed by atoms with Crippen molar-refractivity contribution in [1.29, 1.82) is 0 Å². The van der Waals surface area contributed by atoms with E-state index in [0.717, 1.165) is 31.1 Å². The molecule has 0 aliphatic carbocycles. The van der Waals surface area contributed by atoms with Crippen molar-refractivity contribution in [2.75, 3.05) is 13.3 Å². The highest BCUT2D eigenvalue weighted by Gasteiger charge is 2.18. The molecule has 0 spiro atoms. The zero-order valence-electron chi connectivity index (χ0n) is 11.6. The van der Waals surface area contributed by atoms with Crippen molar-refractivity contribution in [2.45, 2.75) is 20.0 Å². The molecule has 4 heteroatoms. The van der Waals surface area contributed by atoms with Crippen LogP contribution in [0.4, 0.5) is 0 Å². The van der Waals surface area contributed by atoms with Crippen molar-refractivity contribution in [1.82, 2.24) is 9.88 Å². The molecule has 0 fully saturated rings. The number of fused-ring (bicyclic) bond motifs is 1. The van der Waals surface area contributed by atoms with Crippen molar-refractivity contribution in [3.63, 3.8) is 0 Å². The van der Waals surface area contributed by atoms with E-state index in [2.05, 4.69) is 35.0 Å². The molecule has 3 rings (SSSR count). The van der Waals surface area contributed by atoms with Crippen LogP contribution < -0.4 is 9.47 Å². The highest BCUT2D eigenvalue weighted by molar-refractivity contribution is 5.48. The Labute approximate surface area is 119 Å². The Morgan fingerprint density at radius 3 is 2.75 bits per heavy atom. The van der Waals surface area contributed by atoms with Crippen LogP contribution in [0.2, 0.25) is 0 Å². The van der Waals surface area contributed by atoms with Gasteiger partial charge >= 0.3 is 0 Å². The Hall–Kier alpha value is -2.07. The highest BCUT2D eigenvalue weighted by Crippen LogP contribution is 2.35. The van der Waals surface area contributed by atoms with Crippen LogP contribution in [0.3, 0.4) is 0 Å². The van der Waals surface area contributed by atoms with Gasteiger partial charge in [0.1, 0.15) is 0 Å². The number of pyridine rings is 1. The molecule has 0 saturated carbocycles. The van der Waals surface area contributed by atoms with Crippen LogP contribution in [0.5, 0.6) is 11.5 Å². The Morgan fingerprint density at radius 2 is 1.95 bits per heavy atom. The van der Waals surface area contributed by atoms with E-state index in [1.165, 1.54) is 11.1 Å². The molecule has 20 heavy (non-hydrogen) atoms. The quantitative estimate of drug-likeness (QED) is 0.836. The van der Waals surface area contributed by atoms with Crippen molar-refractivity contribution >= 4 is 0 Å². The molecule has 1 aromatic heterocycles. The lowest BCUT2D eigenvalue weighted by atomic mass is 10.1. The highest BCUT2D eigenvalue weighted by atomic mass is 16.7. The third-order valence-corrected chi connectivity index (χ3v) is 3.47. The second-order valence-electron chi connectivity index (χ2n) is 4.81. The number of hydrogen-bond donors (Lipinski definition) is 0. The van der Waals surface area contributed by atoms with Crippen molar-refractivity contribution in [2.24, 2.45) is 0 Å². The molecule has 1 aliphatic heterocycles. The largest absolute Gasteiger partial charge is 0.454 e. The minimum absolute atomic E-state index is 0.322. The average Bonchev–Trinajstić information content (AvgIpc) is 2.97. The van der Waals surface area contributed by atoms with E-state index in [9.17, 15) is 0 Å². The van der Waals surface area contributed by atoms with Crippen LogP contribution >= 0.6 is 0 Å². The molecule has 0 radical (unpaired) electrons. The first-order valence-electron chi connectivity index (χ1n) is 6.85. The number of aromatic nitrogens is 1. The first kappa shape index (κ1) is 12.9. The summed E-state index contributed by atoms with van der Waals surface area (Å²) < 4.78 is 11.0. The summed E-state index contributed by atoms with van der Waals surface area (Å²) in [6.07, 6.45) is 3.67. The molecule has 0 atom stereocenters. The molecule has 1 aromatic carbocycles. The van der Waals surface area contributed by atoms with Crippen LogP contribution in [0.25, 0.3) is 0 Å². The molecule has 1 aliphatic rings. The predicted octanol–water partition coefficient (Wildman–Crippen LogP) is 2.83. The number of ether oxygens (including phenoxy) is 2. The first-order chi connectivity index (χ1) is 9.86. The van der Waals surface area contributed by atoms with Gasteiger partial charge in [0.2, 0.25) is 6.79 Å². The summed E-state index contributed by atoms with van der Waals surface area (Å²) in [5.74, 6) is 1.74. The zero-order chi connectivity index (χ0) is 13.8. The van der Waals surface area contributed by atoms with Gasteiger partial charge in [0.05, 0.1) is 0 Å². The molecular formula is C16H18N2O2. The second-order valence-corrected chi connectivity index (χ2v) is 4.81. The van der Waals surface area contributed by atoms with Crippen LogP contribution in [-0.4, -0.2) is 23.2 Å². The number of benzene rings is 1. The van der Waals surface area contributed by atoms with E-state index < -0.39 is 0 Å². The molecule has 0 N–H and O–H groups in total. The van der Waals surface area contributed by atoms with Gasteiger partial charge in [-0.1, -0.05) is 19.1 Å². The van der Waals surface area contributed by atoms with Gasteiger partial charge in [-0.15, -0.1) is 0 Å². The van der Waals surface area contributed by atoms with E-state index in [0.29, 0.717) is 6.79 Å². The molecule has 2 aromatic rings. The van der Waals surface area contributed by atoms with E-state index in [4.69, 9.17) is 9.47 Å². The first-order valence-corrected chi connectivity index (χ1v) is 6.85. The van der Waals surface area contributed by atoms with Gasteiger partial charge in [-0.2, -0.15) is 0 Å². The van der Waals surface area contributed by atoms with Crippen LogP contribution in [0.1, 0.15) is 18.1 Å². The van der Waals surface area contributed by atoms with E-state index in [1.807, 2.05) is 24.5 Å². The van der Waals surface area contributed by atoms with Gasteiger partial charge in [-0.3, -0.25) is 9.88 Å². The van der Waals surface area contributed by atoms with Gasteiger partial charge < -0.3 is 9.47 Å². The monoisotopic (exact) mass is 270 g/mol. The summed E-state index contributed by atoms with van der Waals surface area (Å²) in [4.78, 5) is 6.42. The van der Waals surface area contributed by atoms with Gasteiger partial charge in [0, 0.05) is 31.0 Å². The molecule has 0 bridgehead atoms. The van der Waals surface area contributed by atoms with Gasteiger partial charge in [0.15, 0.2) is 11.5 Å². The predicted molar refractivity (Wildman–Crippen MR) is 76.6 cm³/mol. The molecule has 4 nitrogen and oxygen atoms in total. The summed E-state index contributed by atoms with van der Waals surface area (Å²) in [6.45, 7) is 5.23. The Balaban J connectivity index is 1.74. The van der Waals surface area contributed by atoms with Gasteiger partial charge in [0.25, 0.3) is 0 Å². The van der Waals surface area contributed by atoms with Crippen molar-refractivity contribution in [3.8, 4) is 11.5 Å². The topological polar surface area (TPSA) is 34.6 Å². The molecular weight excluding hydrogens is 252 g/mol. The fourth-order valence-corrected chi connectivity index (χ4v) is 2.38. The SMILES string of the molecule is CCN(Cc1ccncc1)Cc1cccc2c1OCO2. The Kier molecular flexibility index (Phi) is 3.83. The van der Waals surface area contributed by atoms with Crippen molar-refractivity contribution < 1.29 is 9.47 Å². The maximum absolute atomic E-state index is 5.57. The minimum Gasteiger partial charge on any atom is -0.454 e. The third-order valence-electron chi connectivity index (χ3n) is 3.47. The van der Waals surface area contributed by atoms with Crippen LogP contribution in [0, 0.1) is 0 Å². The zero-order valence-corrected chi connectivity index (χ0v) is 11.6. The molecule has 2 heterocycles. The lowest BCUT2D eigenvalue weighted by Gasteiger charge is -2.21. The molecule has 104 valence electrons. The van der Waals surface area contributed by atoms with Gasteiger partial charge in [-0.05, 0) is 30.3 Å². The van der Waals surface area contributed by atoms with Gasteiger partial charge in [-0.25, -0.2) is 0 Å². The third kappa shape index (κ3) is 2.75. The average molecular weight is 270 g/mol. The number of rotatable bonds is 5. The Morgan fingerprint density at radius 1 is 1.10 bits per heavy atom. The molecule has 0 saturated heterocycles. The van der Waals surface area contributed by atoms with E-state index >= 15 is 0 Å². The summed E-state index contributed by atoms with van der Waals surface area (Å²) in [5.41, 5.74) is 2.45. The van der Waals surface area contributed by atoms with E-state index in [1.54, 1.807) is 0 Å². The summed E-state index contributed by atoms with van der Waals surface area (Å²) in [7, 11) is 0. The number of hydrogen-bond acceptors (Lipinski definition) is 4. The number of nitrogens with zero attached hydrogens (tertiary/aromatic N) is 2. The maximum atomic E-state index is 5.57. The summed E-state index contributed by atoms with van der Waals surface area (Å²) >= 11 is 0. The normalized spacial score (nSPS) is 12.9. The van der Waals surface area contributed by atoms with Crippen molar-refractivity contribution in [3.05, 3.63) is 53.9 Å². The maximum Gasteiger partial charge on any atom is 0.231 e. The standard InChI is InChI=1S/C16H18N2O2/c1-2-18(10-13-6-8-17-9-7-13)11-14-4-3-5-15-16(14)20-12-19-15/h3-9H,2,10-12H2,1H3. The van der Waals surface area contributed by atoms with Crippen LogP contribution in [-0.2, 0) is 13.1 Å². The number of para-hydroxylation sites is 1. The van der Waals surface area contributed by atoms with E-state index in [-0.39, 0.29) is 0 Å². The fraction of sp³-hybridized carbons (Fsp3) is 0.312. The lowest BCUT2D eigenvalue weighted by molar-refractivity contribution is 0.171. The molecule has 0 unspecified atom stereocenters. The van der Waals surface area contributed by atoms with Crippen LogP contribution in [0.15, 0.2) is 42.7 Å². The lowest BCUT2D eigenvalue weighted by Crippen LogP contribution is -2.22. The summed E-state index contributed by atoms with van der Waals surface area (Å²) in [5, 5.41) is 0. The minimum atomic E-state index is 0.322. The molecule has 0 amide bonds. The Bertz CT molecular complexity index is 572. The second kappa shape index (κ2) is 5.92. The summed E-state index contributed by atoms with van der Waals surface area (Å²) in [6, 6.07) is 10.2. The fourth-order valence-electron chi connectivity index (χ4n) is 2.38. The smallest absolute Gasteiger partial charge is 0.231 e.